The van der Waals surface area contributed by atoms with Crippen LogP contribution in [0.2, 0.25) is 0 Å². The number of amides is 2. The van der Waals surface area contributed by atoms with Crippen LogP contribution in [0, 0.1) is 0 Å². The van der Waals surface area contributed by atoms with E-state index in [2.05, 4.69) is 10.3 Å². The van der Waals surface area contributed by atoms with Crippen LogP contribution in [0.4, 0.5) is 16.3 Å². The monoisotopic (exact) mass is 287 g/mol. The zero-order valence-electron chi connectivity index (χ0n) is 10.6. The normalized spacial score (nSPS) is 12.6. The van der Waals surface area contributed by atoms with Crippen LogP contribution in [0.3, 0.4) is 0 Å². The second-order valence-electron chi connectivity index (χ2n) is 4.19. The number of nitrogens with zero attached hydrogens (tertiary/aromatic N) is 2. The molecule has 0 spiro atoms. The quantitative estimate of drug-likeness (QED) is 0.890. The van der Waals surface area contributed by atoms with E-state index in [1.54, 1.807) is 22.9 Å². The lowest BCUT2D eigenvalue weighted by Gasteiger charge is -2.29. The van der Waals surface area contributed by atoms with Crippen molar-refractivity contribution in [2.75, 3.05) is 18.1 Å². The maximum atomic E-state index is 12.3. The molecule has 102 valence electrons. The molecule has 0 saturated carbocycles. The molecule has 20 heavy (non-hydrogen) atoms. The summed E-state index contributed by atoms with van der Waals surface area (Å²) >= 11 is 1.59. The smallest absolute Gasteiger partial charge is 0.327 e. The Kier molecular flexibility index (Phi) is 3.58. The zero-order chi connectivity index (χ0) is 13.9. The number of aromatic nitrogens is 1. The molecule has 2 amide bonds. The molecule has 2 N–H and O–H groups in total. The number of rotatable bonds is 2. The number of anilines is 2. The highest BCUT2D eigenvalue weighted by molar-refractivity contribution is 7.99. The first kappa shape index (κ1) is 13.0. The minimum absolute atomic E-state index is 0.0922. The van der Waals surface area contributed by atoms with Gasteiger partial charge in [-0.05, 0) is 24.3 Å². The molecule has 2 aromatic rings. The molecule has 1 aromatic heterocycles. The zero-order valence-corrected chi connectivity index (χ0v) is 11.4. The Bertz CT molecular complexity index is 602. The summed E-state index contributed by atoms with van der Waals surface area (Å²) in [5.74, 6) is 0.617. The number of nitrogens with one attached hydrogen (secondary N) is 1. The molecule has 0 aliphatic carbocycles. The minimum Gasteiger partial charge on any atom is -0.395 e. The molecule has 3 rings (SSSR count). The Hall–Kier alpha value is -2.05. The van der Waals surface area contributed by atoms with E-state index in [9.17, 15) is 4.79 Å². The van der Waals surface area contributed by atoms with Gasteiger partial charge in [0.05, 0.1) is 17.2 Å². The Morgan fingerprint density at radius 1 is 1.25 bits per heavy atom. The minimum atomic E-state index is -0.285. The van der Waals surface area contributed by atoms with Crippen molar-refractivity contribution in [2.24, 2.45) is 0 Å². The van der Waals surface area contributed by atoms with Crippen LogP contribution in [0.1, 0.15) is 0 Å². The number of hydrogen-bond donors (Lipinski definition) is 2. The maximum absolute atomic E-state index is 12.3. The van der Waals surface area contributed by atoms with Crippen LogP contribution in [0.5, 0.6) is 0 Å². The van der Waals surface area contributed by atoms with E-state index in [0.717, 1.165) is 15.5 Å². The van der Waals surface area contributed by atoms with Crippen LogP contribution >= 0.6 is 11.8 Å². The predicted octanol–water partition coefficient (Wildman–Crippen LogP) is 2.39. The number of urea groups is 1. The van der Waals surface area contributed by atoms with Crippen molar-refractivity contribution in [1.29, 1.82) is 0 Å². The van der Waals surface area contributed by atoms with Gasteiger partial charge in [-0.1, -0.05) is 23.9 Å². The van der Waals surface area contributed by atoms with E-state index in [-0.39, 0.29) is 19.2 Å². The summed E-state index contributed by atoms with van der Waals surface area (Å²) in [7, 11) is 0. The van der Waals surface area contributed by atoms with Gasteiger partial charge in [0.15, 0.2) is 5.82 Å². The molecule has 5 nitrogen and oxygen atoms in total. The second-order valence-corrected chi connectivity index (χ2v) is 5.27. The number of hydrogen-bond acceptors (Lipinski definition) is 4. The summed E-state index contributed by atoms with van der Waals surface area (Å²) in [6.45, 7) is 0.123. The Balaban J connectivity index is 2.05. The summed E-state index contributed by atoms with van der Waals surface area (Å²) in [6.07, 6.45) is 1.67. The average molecular weight is 287 g/mol. The molecule has 0 saturated heterocycles. The summed E-state index contributed by atoms with van der Waals surface area (Å²) in [5.41, 5.74) is 0.805. The third-order valence-corrected chi connectivity index (χ3v) is 3.98. The van der Waals surface area contributed by atoms with Gasteiger partial charge in [0.1, 0.15) is 0 Å². The van der Waals surface area contributed by atoms with Crippen LogP contribution in [0.25, 0.3) is 0 Å². The van der Waals surface area contributed by atoms with Gasteiger partial charge in [0, 0.05) is 17.6 Å². The van der Waals surface area contributed by atoms with Crippen molar-refractivity contribution in [1.82, 2.24) is 10.3 Å². The van der Waals surface area contributed by atoms with E-state index in [1.807, 2.05) is 36.4 Å². The third kappa shape index (κ3) is 2.23. The highest BCUT2D eigenvalue weighted by Gasteiger charge is 2.28. The molecule has 0 unspecified atom stereocenters. The molecule has 0 fully saturated rings. The molecular formula is C14H13N3O2S. The Morgan fingerprint density at radius 3 is 2.90 bits per heavy atom. The molecule has 1 aliphatic heterocycles. The number of benzene rings is 1. The van der Waals surface area contributed by atoms with Gasteiger partial charge in [-0.3, -0.25) is 0 Å². The van der Waals surface area contributed by atoms with Gasteiger partial charge in [0.25, 0.3) is 0 Å². The molecule has 1 aromatic carbocycles. The second kappa shape index (κ2) is 5.52. The first-order chi connectivity index (χ1) is 9.81. The van der Waals surface area contributed by atoms with E-state index < -0.39 is 0 Å². The van der Waals surface area contributed by atoms with Gasteiger partial charge in [-0.15, -0.1) is 0 Å². The molecule has 6 heteroatoms. The van der Waals surface area contributed by atoms with Gasteiger partial charge < -0.3 is 10.4 Å². The van der Waals surface area contributed by atoms with Crippen LogP contribution in [0.15, 0.2) is 52.4 Å². The van der Waals surface area contributed by atoms with Crippen molar-refractivity contribution in [3.63, 3.8) is 0 Å². The fourth-order valence-corrected chi connectivity index (χ4v) is 3.07. The summed E-state index contributed by atoms with van der Waals surface area (Å²) in [6, 6.07) is 11.2. The number of carbonyl (C=O) groups is 1. The first-order valence-electron chi connectivity index (χ1n) is 6.22. The third-order valence-electron chi connectivity index (χ3n) is 2.88. The van der Waals surface area contributed by atoms with Gasteiger partial charge in [-0.25, -0.2) is 14.7 Å². The number of pyridine rings is 1. The average Bonchev–Trinajstić information content (AvgIpc) is 2.50. The molecule has 0 radical (unpaired) electrons. The van der Waals surface area contributed by atoms with E-state index in [0.29, 0.717) is 5.82 Å². The lowest BCUT2D eigenvalue weighted by atomic mass is 10.2. The molecule has 2 heterocycles. The van der Waals surface area contributed by atoms with Gasteiger partial charge in [-0.2, -0.15) is 0 Å². The maximum Gasteiger partial charge on any atom is 0.327 e. The van der Waals surface area contributed by atoms with Crippen molar-refractivity contribution in [3.8, 4) is 0 Å². The Morgan fingerprint density at radius 2 is 2.05 bits per heavy atom. The SMILES string of the molecule is O=C(NCCO)N1c2ccccc2Sc2cccnc21. The largest absolute Gasteiger partial charge is 0.395 e. The molecular weight excluding hydrogens is 274 g/mol. The predicted molar refractivity (Wildman–Crippen MR) is 77.4 cm³/mol. The van der Waals surface area contributed by atoms with E-state index >= 15 is 0 Å². The van der Waals surface area contributed by atoms with Crippen molar-refractivity contribution in [3.05, 3.63) is 42.6 Å². The highest BCUT2D eigenvalue weighted by atomic mass is 32.2. The summed E-state index contributed by atoms with van der Waals surface area (Å²) in [4.78, 5) is 20.1. The van der Waals surface area contributed by atoms with Gasteiger partial charge in [0.2, 0.25) is 0 Å². The molecule has 0 bridgehead atoms. The van der Waals surface area contributed by atoms with E-state index in [1.165, 1.54) is 0 Å². The number of aliphatic hydroxyl groups excluding tert-OH is 1. The van der Waals surface area contributed by atoms with Crippen molar-refractivity contribution < 1.29 is 9.90 Å². The first-order valence-corrected chi connectivity index (χ1v) is 7.03. The highest BCUT2D eigenvalue weighted by Crippen LogP contribution is 2.46. The number of carbonyl (C=O) groups excluding carboxylic acids is 1. The van der Waals surface area contributed by atoms with Crippen LogP contribution < -0.4 is 10.2 Å². The van der Waals surface area contributed by atoms with Crippen molar-refractivity contribution in [2.45, 2.75) is 9.79 Å². The van der Waals surface area contributed by atoms with E-state index in [4.69, 9.17) is 5.11 Å². The number of fused-ring (bicyclic) bond motifs is 2. The van der Waals surface area contributed by atoms with Crippen LogP contribution in [-0.4, -0.2) is 29.3 Å². The molecule has 1 aliphatic rings. The van der Waals surface area contributed by atoms with Crippen molar-refractivity contribution >= 4 is 29.3 Å². The standard InChI is InChI=1S/C14H13N3O2S/c18-9-8-16-14(19)17-10-4-1-2-5-11(10)20-12-6-3-7-15-13(12)17/h1-7,18H,8-9H2,(H,16,19). The fourth-order valence-electron chi connectivity index (χ4n) is 2.04. The fraction of sp³-hybridized carbons (Fsp3) is 0.143. The van der Waals surface area contributed by atoms with Gasteiger partial charge >= 0.3 is 6.03 Å². The number of aliphatic hydroxyl groups is 1. The topological polar surface area (TPSA) is 65.5 Å². The Labute approximate surface area is 120 Å². The lowest BCUT2D eigenvalue weighted by Crippen LogP contribution is -2.39. The number of para-hydroxylation sites is 1. The molecule has 0 atom stereocenters. The van der Waals surface area contributed by atoms with Crippen LogP contribution in [-0.2, 0) is 0 Å². The summed E-state index contributed by atoms with van der Waals surface area (Å²) in [5, 5.41) is 11.5. The summed E-state index contributed by atoms with van der Waals surface area (Å²) < 4.78 is 0. The lowest BCUT2D eigenvalue weighted by molar-refractivity contribution is 0.241.